The maximum absolute atomic E-state index is 14.6. The van der Waals surface area contributed by atoms with E-state index in [1.54, 1.807) is 43.3 Å². The van der Waals surface area contributed by atoms with Crippen LogP contribution in [0.5, 0.6) is 5.75 Å². The van der Waals surface area contributed by atoms with Crippen LogP contribution in [0.2, 0.25) is 5.02 Å². The first-order chi connectivity index (χ1) is 17.2. The van der Waals surface area contributed by atoms with Gasteiger partial charge in [-0.25, -0.2) is 8.78 Å². The van der Waals surface area contributed by atoms with Crippen molar-refractivity contribution in [3.8, 4) is 5.75 Å². The third-order valence-corrected chi connectivity index (χ3v) is 5.65. The standard InChI is InChI=1S/C26H27ClF2N4O3/c1-3-36-24(20-9-8-19(35-2)12-22(20)29)26(34)33-14-17-5-4-15(25(30)31)10-23(17)32-13-16-6-7-18(27)11-21(16)28/h4-12,24,32H,3,13-14H2,1-2H3,(H3,30,31)(H,33,34). The molecule has 0 spiro atoms. The maximum Gasteiger partial charge on any atom is 0.254 e. The number of benzene rings is 3. The van der Waals surface area contributed by atoms with Crippen molar-refractivity contribution in [2.45, 2.75) is 26.1 Å². The monoisotopic (exact) mass is 516 g/mol. The number of nitrogens with two attached hydrogens (primary N) is 1. The lowest BCUT2D eigenvalue weighted by Crippen LogP contribution is -2.31. The number of nitrogen functional groups attached to an aromatic ring is 1. The van der Waals surface area contributed by atoms with Gasteiger partial charge in [-0.1, -0.05) is 29.8 Å². The fourth-order valence-corrected chi connectivity index (χ4v) is 3.67. The Hall–Kier alpha value is -3.69. The fourth-order valence-electron chi connectivity index (χ4n) is 3.51. The number of amidine groups is 1. The summed E-state index contributed by atoms with van der Waals surface area (Å²) in [6, 6.07) is 13.5. The highest BCUT2D eigenvalue weighted by atomic mass is 35.5. The summed E-state index contributed by atoms with van der Waals surface area (Å²) < 4.78 is 39.4. The number of carbonyl (C=O) groups excluding carboxylic acids is 1. The van der Waals surface area contributed by atoms with Crippen LogP contribution in [0.4, 0.5) is 14.5 Å². The molecule has 10 heteroatoms. The van der Waals surface area contributed by atoms with Gasteiger partial charge in [-0.15, -0.1) is 0 Å². The van der Waals surface area contributed by atoms with Gasteiger partial charge in [0.2, 0.25) is 0 Å². The summed E-state index contributed by atoms with van der Waals surface area (Å²) in [7, 11) is 1.42. The lowest BCUT2D eigenvalue weighted by atomic mass is 10.1. The number of methoxy groups -OCH3 is 1. The zero-order chi connectivity index (χ0) is 26.2. The van der Waals surface area contributed by atoms with E-state index in [-0.39, 0.29) is 36.1 Å². The molecule has 7 nitrogen and oxygen atoms in total. The van der Waals surface area contributed by atoms with E-state index >= 15 is 0 Å². The predicted octanol–water partition coefficient (Wildman–Crippen LogP) is 4.92. The van der Waals surface area contributed by atoms with Crippen molar-refractivity contribution >= 4 is 29.0 Å². The molecular weight excluding hydrogens is 490 g/mol. The van der Waals surface area contributed by atoms with Gasteiger partial charge in [0.05, 0.1) is 7.11 Å². The van der Waals surface area contributed by atoms with Gasteiger partial charge < -0.3 is 25.8 Å². The quantitative estimate of drug-likeness (QED) is 0.214. The Bertz CT molecular complexity index is 1260. The number of carbonyl (C=O) groups is 1. The van der Waals surface area contributed by atoms with Crippen LogP contribution in [0.15, 0.2) is 54.6 Å². The summed E-state index contributed by atoms with van der Waals surface area (Å²) in [5.41, 5.74) is 7.73. The van der Waals surface area contributed by atoms with Crippen LogP contribution in [-0.2, 0) is 22.6 Å². The van der Waals surface area contributed by atoms with Gasteiger partial charge in [0.15, 0.2) is 6.10 Å². The van der Waals surface area contributed by atoms with Crippen molar-refractivity contribution in [3.05, 3.63) is 93.5 Å². The van der Waals surface area contributed by atoms with Gasteiger partial charge in [0.25, 0.3) is 5.91 Å². The molecule has 3 rings (SSSR count). The number of hydrogen-bond donors (Lipinski definition) is 4. The fraction of sp³-hybridized carbons (Fsp3) is 0.231. The number of nitrogens with one attached hydrogen (secondary N) is 3. The summed E-state index contributed by atoms with van der Waals surface area (Å²) in [6.45, 7) is 2.09. The van der Waals surface area contributed by atoms with Crippen LogP contribution < -0.4 is 21.1 Å². The second-order valence-corrected chi connectivity index (χ2v) is 8.25. The maximum atomic E-state index is 14.6. The highest BCUT2D eigenvalue weighted by Crippen LogP contribution is 2.26. The topological polar surface area (TPSA) is 109 Å². The zero-order valence-corrected chi connectivity index (χ0v) is 20.6. The molecule has 0 radical (unpaired) electrons. The van der Waals surface area contributed by atoms with Gasteiger partial charge in [-0.05, 0) is 42.8 Å². The Kier molecular flexibility index (Phi) is 9.21. The molecule has 190 valence electrons. The van der Waals surface area contributed by atoms with Crippen molar-refractivity contribution < 1.29 is 23.0 Å². The second-order valence-electron chi connectivity index (χ2n) is 7.82. The third-order valence-electron chi connectivity index (χ3n) is 5.42. The van der Waals surface area contributed by atoms with Crippen LogP contribution in [0.3, 0.4) is 0 Å². The average molecular weight is 517 g/mol. The normalized spacial score (nSPS) is 11.6. The van der Waals surface area contributed by atoms with E-state index in [0.717, 1.165) is 0 Å². The number of halogens is 3. The molecule has 1 unspecified atom stereocenters. The molecule has 0 aliphatic rings. The first-order valence-corrected chi connectivity index (χ1v) is 11.5. The lowest BCUT2D eigenvalue weighted by molar-refractivity contribution is -0.133. The highest BCUT2D eigenvalue weighted by molar-refractivity contribution is 6.30. The molecule has 0 aliphatic carbocycles. The van der Waals surface area contributed by atoms with Crippen molar-refractivity contribution in [3.63, 3.8) is 0 Å². The minimum absolute atomic E-state index is 0.0593. The molecule has 0 saturated heterocycles. The first kappa shape index (κ1) is 26.9. The number of anilines is 1. The minimum Gasteiger partial charge on any atom is -0.497 e. The van der Waals surface area contributed by atoms with Gasteiger partial charge in [0, 0.05) is 53.2 Å². The van der Waals surface area contributed by atoms with Crippen LogP contribution in [0.25, 0.3) is 0 Å². The van der Waals surface area contributed by atoms with E-state index in [1.807, 2.05) is 0 Å². The van der Waals surface area contributed by atoms with Crippen molar-refractivity contribution in [2.24, 2.45) is 5.73 Å². The van der Waals surface area contributed by atoms with E-state index in [2.05, 4.69) is 10.6 Å². The Morgan fingerprint density at radius 1 is 1.06 bits per heavy atom. The van der Waals surface area contributed by atoms with E-state index in [0.29, 0.717) is 28.1 Å². The number of amides is 1. The van der Waals surface area contributed by atoms with Gasteiger partial charge in [-0.2, -0.15) is 0 Å². The van der Waals surface area contributed by atoms with E-state index in [4.69, 9.17) is 32.2 Å². The first-order valence-electron chi connectivity index (χ1n) is 11.1. The number of ether oxygens (including phenoxy) is 2. The molecule has 5 N–H and O–H groups in total. The highest BCUT2D eigenvalue weighted by Gasteiger charge is 2.24. The zero-order valence-electron chi connectivity index (χ0n) is 19.8. The molecule has 0 fully saturated rings. The van der Waals surface area contributed by atoms with Crippen molar-refractivity contribution in [2.75, 3.05) is 19.0 Å². The van der Waals surface area contributed by atoms with E-state index in [9.17, 15) is 13.6 Å². The Morgan fingerprint density at radius 3 is 2.44 bits per heavy atom. The number of hydrogen-bond acceptors (Lipinski definition) is 5. The van der Waals surface area contributed by atoms with Gasteiger partial charge in [0.1, 0.15) is 23.2 Å². The Labute approximate surface area is 213 Å². The molecule has 36 heavy (non-hydrogen) atoms. The molecular formula is C26H27ClF2N4O3. The largest absolute Gasteiger partial charge is 0.497 e. The summed E-state index contributed by atoms with van der Waals surface area (Å²) in [6.07, 6.45) is -1.17. The summed E-state index contributed by atoms with van der Waals surface area (Å²) in [4.78, 5) is 13.0. The summed E-state index contributed by atoms with van der Waals surface area (Å²) >= 11 is 5.82. The molecule has 3 aromatic rings. The van der Waals surface area contributed by atoms with E-state index < -0.39 is 23.6 Å². The Morgan fingerprint density at radius 2 is 1.81 bits per heavy atom. The van der Waals surface area contributed by atoms with Gasteiger partial charge >= 0.3 is 0 Å². The van der Waals surface area contributed by atoms with Crippen molar-refractivity contribution in [1.29, 1.82) is 5.41 Å². The molecule has 0 saturated carbocycles. The molecule has 0 bridgehead atoms. The predicted molar refractivity (Wildman–Crippen MR) is 135 cm³/mol. The third kappa shape index (κ3) is 6.71. The smallest absolute Gasteiger partial charge is 0.254 e. The van der Waals surface area contributed by atoms with E-state index in [1.165, 1.54) is 25.3 Å². The SMILES string of the molecule is CCOC(C(=O)NCc1ccc(C(=N)N)cc1NCc1ccc(Cl)cc1F)c1ccc(OC)cc1F. The average Bonchev–Trinajstić information content (AvgIpc) is 2.85. The number of rotatable bonds is 11. The van der Waals surface area contributed by atoms with Crippen LogP contribution in [0.1, 0.15) is 35.3 Å². The second kappa shape index (κ2) is 12.3. The molecule has 3 aromatic carbocycles. The van der Waals surface area contributed by atoms with Crippen LogP contribution >= 0.6 is 11.6 Å². The minimum atomic E-state index is -1.17. The molecule has 0 aromatic heterocycles. The van der Waals surface area contributed by atoms with Gasteiger partial charge in [-0.3, -0.25) is 10.2 Å². The lowest BCUT2D eigenvalue weighted by Gasteiger charge is -2.19. The summed E-state index contributed by atoms with van der Waals surface area (Å²) in [5, 5.41) is 13.9. The molecule has 1 amide bonds. The molecule has 0 heterocycles. The van der Waals surface area contributed by atoms with Crippen LogP contribution in [-0.4, -0.2) is 25.5 Å². The van der Waals surface area contributed by atoms with Crippen LogP contribution in [0, 0.1) is 17.0 Å². The summed E-state index contributed by atoms with van der Waals surface area (Å²) in [5.74, 6) is -1.44. The molecule has 1 atom stereocenters. The molecule has 0 aliphatic heterocycles. The van der Waals surface area contributed by atoms with Crippen molar-refractivity contribution in [1.82, 2.24) is 5.32 Å². The Balaban J connectivity index is 1.80.